The number of carbonyl (C=O) groups is 2. The first-order valence-electron chi connectivity index (χ1n) is 8.83. The van der Waals surface area contributed by atoms with E-state index in [1.54, 1.807) is 6.92 Å². The first kappa shape index (κ1) is 19.1. The first-order chi connectivity index (χ1) is 10.4. The van der Waals surface area contributed by atoms with E-state index >= 15 is 0 Å². The zero-order chi connectivity index (χ0) is 16.7. The summed E-state index contributed by atoms with van der Waals surface area (Å²) >= 11 is 0. The summed E-state index contributed by atoms with van der Waals surface area (Å²) in [5.74, 6) is 1.77. The van der Waals surface area contributed by atoms with E-state index in [0.29, 0.717) is 30.8 Å². The van der Waals surface area contributed by atoms with Crippen LogP contribution in [0.25, 0.3) is 0 Å². The van der Waals surface area contributed by atoms with E-state index in [1.807, 2.05) is 6.92 Å². The second-order valence-corrected chi connectivity index (χ2v) is 6.99. The Balaban J connectivity index is 2.59. The van der Waals surface area contributed by atoms with Crippen LogP contribution in [0.5, 0.6) is 0 Å². The smallest absolute Gasteiger partial charge is 0.323 e. The quantitative estimate of drug-likeness (QED) is 0.699. The number of ether oxygens (including phenoxy) is 1. The molecule has 0 amide bonds. The summed E-state index contributed by atoms with van der Waals surface area (Å²) in [7, 11) is 0. The Labute approximate surface area is 135 Å². The summed E-state index contributed by atoms with van der Waals surface area (Å²) in [6.07, 6.45) is 3.99. The minimum absolute atomic E-state index is 0.135. The minimum Gasteiger partial charge on any atom is -0.465 e. The maximum atomic E-state index is 12.6. The third kappa shape index (κ3) is 5.38. The summed E-state index contributed by atoms with van der Waals surface area (Å²) < 4.78 is 5.04. The Bertz CT molecular complexity index is 367. The van der Waals surface area contributed by atoms with Crippen molar-refractivity contribution in [2.75, 3.05) is 13.2 Å². The number of carbonyl (C=O) groups excluding carboxylic acids is 2. The van der Waals surface area contributed by atoms with E-state index < -0.39 is 0 Å². The molecule has 0 aromatic carbocycles. The van der Waals surface area contributed by atoms with Crippen LogP contribution in [0, 0.1) is 23.7 Å². The van der Waals surface area contributed by atoms with Crippen molar-refractivity contribution >= 4 is 11.8 Å². The van der Waals surface area contributed by atoms with Crippen molar-refractivity contribution in [3.8, 4) is 0 Å². The summed E-state index contributed by atoms with van der Waals surface area (Å²) in [6.45, 7) is 11.0. The minimum atomic E-state index is -0.373. The second-order valence-electron chi connectivity index (χ2n) is 6.99. The lowest BCUT2D eigenvalue weighted by Crippen LogP contribution is -2.44. The standard InChI is InChI=1S/C18H33NO3/c1-6-16(18(21)22-7-2)19-11-17(20)15-10-13(5)8-9-14(15)12(3)4/h12-16,19H,6-11H2,1-5H3/t13-,14+,15-,16-/m1/s1. The van der Waals surface area contributed by atoms with E-state index in [1.165, 1.54) is 6.42 Å². The van der Waals surface area contributed by atoms with Crippen LogP contribution < -0.4 is 5.32 Å². The maximum Gasteiger partial charge on any atom is 0.323 e. The molecule has 4 nitrogen and oxygen atoms in total. The van der Waals surface area contributed by atoms with Gasteiger partial charge in [0.15, 0.2) is 0 Å². The van der Waals surface area contributed by atoms with Gasteiger partial charge < -0.3 is 4.74 Å². The van der Waals surface area contributed by atoms with Crippen LogP contribution >= 0.6 is 0 Å². The number of rotatable bonds is 8. The predicted molar refractivity (Wildman–Crippen MR) is 88.6 cm³/mol. The average molecular weight is 311 g/mol. The molecule has 0 spiro atoms. The molecule has 0 aromatic heterocycles. The molecule has 128 valence electrons. The van der Waals surface area contributed by atoms with Gasteiger partial charge in [-0.05, 0) is 43.9 Å². The van der Waals surface area contributed by atoms with Crippen LogP contribution in [0.15, 0.2) is 0 Å². The van der Waals surface area contributed by atoms with Gasteiger partial charge in [0.05, 0.1) is 13.2 Å². The zero-order valence-electron chi connectivity index (χ0n) is 14.9. The van der Waals surface area contributed by atoms with E-state index in [-0.39, 0.29) is 30.3 Å². The largest absolute Gasteiger partial charge is 0.465 e. The molecular formula is C18H33NO3. The van der Waals surface area contributed by atoms with Gasteiger partial charge in [-0.2, -0.15) is 0 Å². The molecule has 1 fully saturated rings. The van der Waals surface area contributed by atoms with E-state index in [4.69, 9.17) is 4.74 Å². The van der Waals surface area contributed by atoms with Crippen LogP contribution in [0.2, 0.25) is 0 Å². The highest BCUT2D eigenvalue weighted by Crippen LogP contribution is 2.38. The Morgan fingerprint density at radius 1 is 1.23 bits per heavy atom. The molecule has 1 rings (SSSR count). The fourth-order valence-corrected chi connectivity index (χ4v) is 3.56. The molecule has 0 saturated heterocycles. The zero-order valence-corrected chi connectivity index (χ0v) is 14.9. The van der Waals surface area contributed by atoms with E-state index in [0.717, 1.165) is 12.8 Å². The van der Waals surface area contributed by atoms with Crippen molar-refractivity contribution in [3.05, 3.63) is 0 Å². The van der Waals surface area contributed by atoms with Crippen LogP contribution in [0.4, 0.5) is 0 Å². The molecular weight excluding hydrogens is 278 g/mol. The molecule has 4 atom stereocenters. The molecule has 1 aliphatic rings. The van der Waals surface area contributed by atoms with Crippen LogP contribution in [-0.4, -0.2) is 30.9 Å². The van der Waals surface area contributed by atoms with Crippen LogP contribution in [0.1, 0.15) is 60.3 Å². The van der Waals surface area contributed by atoms with Gasteiger partial charge in [0.25, 0.3) is 0 Å². The SMILES string of the molecule is CCOC(=O)[C@@H](CC)NCC(=O)[C@@H]1C[C@H](C)CC[C@H]1C(C)C. The number of nitrogens with one attached hydrogen (secondary N) is 1. The number of Topliss-reactive ketones (excluding diaryl/α,β-unsaturated/α-hetero) is 1. The van der Waals surface area contributed by atoms with Crippen molar-refractivity contribution < 1.29 is 14.3 Å². The summed E-state index contributed by atoms with van der Waals surface area (Å²) in [6, 6.07) is -0.373. The van der Waals surface area contributed by atoms with Crippen molar-refractivity contribution in [1.29, 1.82) is 0 Å². The van der Waals surface area contributed by atoms with Crippen molar-refractivity contribution in [2.45, 2.75) is 66.3 Å². The Hall–Kier alpha value is -0.900. The Kier molecular flexibility index (Phi) is 8.08. The molecule has 22 heavy (non-hydrogen) atoms. The highest BCUT2D eigenvalue weighted by atomic mass is 16.5. The Morgan fingerprint density at radius 3 is 2.45 bits per heavy atom. The Morgan fingerprint density at radius 2 is 1.91 bits per heavy atom. The average Bonchev–Trinajstić information content (AvgIpc) is 2.47. The summed E-state index contributed by atoms with van der Waals surface area (Å²) in [4.78, 5) is 24.4. The highest BCUT2D eigenvalue weighted by molar-refractivity contribution is 5.84. The van der Waals surface area contributed by atoms with Gasteiger partial charge in [0, 0.05) is 5.92 Å². The normalized spacial score (nSPS) is 26.7. The molecule has 1 aliphatic carbocycles. The topological polar surface area (TPSA) is 55.4 Å². The molecule has 0 aliphatic heterocycles. The molecule has 0 bridgehead atoms. The lowest BCUT2D eigenvalue weighted by Gasteiger charge is -2.36. The van der Waals surface area contributed by atoms with E-state index in [9.17, 15) is 9.59 Å². The molecule has 1 saturated carbocycles. The fraction of sp³-hybridized carbons (Fsp3) is 0.889. The van der Waals surface area contributed by atoms with Gasteiger partial charge in [-0.15, -0.1) is 0 Å². The first-order valence-corrected chi connectivity index (χ1v) is 8.83. The van der Waals surface area contributed by atoms with Crippen LogP contribution in [-0.2, 0) is 14.3 Å². The van der Waals surface area contributed by atoms with Crippen molar-refractivity contribution in [3.63, 3.8) is 0 Å². The molecule has 0 radical (unpaired) electrons. The second kappa shape index (κ2) is 9.29. The summed E-state index contributed by atoms with van der Waals surface area (Å²) in [5, 5.41) is 3.10. The maximum absolute atomic E-state index is 12.6. The van der Waals surface area contributed by atoms with Crippen molar-refractivity contribution in [2.24, 2.45) is 23.7 Å². The van der Waals surface area contributed by atoms with Gasteiger partial charge in [0.1, 0.15) is 11.8 Å². The van der Waals surface area contributed by atoms with Crippen LogP contribution in [0.3, 0.4) is 0 Å². The van der Waals surface area contributed by atoms with Gasteiger partial charge in [-0.1, -0.05) is 34.1 Å². The number of hydrogen-bond acceptors (Lipinski definition) is 4. The lowest BCUT2D eigenvalue weighted by molar-refractivity contribution is -0.145. The fourth-order valence-electron chi connectivity index (χ4n) is 3.56. The lowest BCUT2D eigenvalue weighted by atomic mass is 9.68. The molecule has 0 unspecified atom stereocenters. The van der Waals surface area contributed by atoms with Gasteiger partial charge in [-0.25, -0.2) is 0 Å². The third-order valence-corrected chi connectivity index (χ3v) is 4.94. The monoisotopic (exact) mass is 311 g/mol. The summed E-state index contributed by atoms with van der Waals surface area (Å²) in [5.41, 5.74) is 0. The molecule has 0 aromatic rings. The number of hydrogen-bond donors (Lipinski definition) is 1. The predicted octanol–water partition coefficient (Wildman–Crippen LogP) is 3.20. The van der Waals surface area contributed by atoms with Gasteiger partial charge in [-0.3, -0.25) is 14.9 Å². The van der Waals surface area contributed by atoms with Gasteiger partial charge in [0.2, 0.25) is 0 Å². The molecule has 4 heteroatoms. The molecule has 0 heterocycles. The molecule has 1 N–H and O–H groups in total. The third-order valence-electron chi connectivity index (χ3n) is 4.94. The van der Waals surface area contributed by atoms with Crippen molar-refractivity contribution in [1.82, 2.24) is 5.32 Å². The number of esters is 1. The van der Waals surface area contributed by atoms with E-state index in [2.05, 4.69) is 26.1 Å². The van der Waals surface area contributed by atoms with Gasteiger partial charge >= 0.3 is 5.97 Å². The highest BCUT2D eigenvalue weighted by Gasteiger charge is 2.35. The number of ketones is 1.